The van der Waals surface area contributed by atoms with Gasteiger partial charge in [-0.25, -0.2) is 0 Å². The van der Waals surface area contributed by atoms with Crippen LogP contribution in [0, 0.1) is 12.3 Å². The number of hydrogen-bond donors (Lipinski definition) is 1. The molecule has 2 N–H and O–H groups in total. The van der Waals surface area contributed by atoms with Gasteiger partial charge in [-0.05, 0) is 43.5 Å². The normalized spacial score (nSPS) is 25.6. The van der Waals surface area contributed by atoms with Crippen molar-refractivity contribution in [1.29, 1.82) is 0 Å². The van der Waals surface area contributed by atoms with E-state index in [1.54, 1.807) is 0 Å². The molecule has 100 valence electrons. The van der Waals surface area contributed by atoms with Crippen LogP contribution in [0.15, 0.2) is 22.7 Å². The zero-order chi connectivity index (χ0) is 13.3. The Bertz CT molecular complexity index is 429. The highest BCUT2D eigenvalue weighted by molar-refractivity contribution is 9.10. The van der Waals surface area contributed by atoms with Crippen molar-refractivity contribution >= 4 is 15.9 Å². The third-order valence-electron chi connectivity index (χ3n) is 4.57. The van der Waals surface area contributed by atoms with Crippen LogP contribution in [-0.2, 0) is 0 Å². The van der Waals surface area contributed by atoms with Gasteiger partial charge in [-0.1, -0.05) is 29.8 Å². The molecule has 1 aromatic rings. The van der Waals surface area contributed by atoms with Gasteiger partial charge >= 0.3 is 0 Å². The zero-order valence-corrected chi connectivity index (χ0v) is 13.0. The summed E-state index contributed by atoms with van der Waals surface area (Å²) in [6.07, 6.45) is 3.41. The summed E-state index contributed by atoms with van der Waals surface area (Å²) in [6, 6.07) is 6.45. The molecule has 1 fully saturated rings. The highest BCUT2D eigenvalue weighted by Gasteiger charge is 2.52. The van der Waals surface area contributed by atoms with E-state index in [1.807, 2.05) is 12.1 Å². The van der Waals surface area contributed by atoms with Crippen LogP contribution in [0.25, 0.3) is 0 Å². The second-order valence-electron chi connectivity index (χ2n) is 5.30. The van der Waals surface area contributed by atoms with Crippen molar-refractivity contribution in [2.45, 2.75) is 52.2 Å². The Labute approximate surface area is 118 Å². The standard InChI is InChI=1S/C15H22BrNO/c1-4-15(5-2)13(17)9-14(15)18-12-7-6-11(16)8-10(12)3/h6-8,13-14H,4-5,9,17H2,1-3H3. The minimum Gasteiger partial charge on any atom is -0.489 e. The minimum atomic E-state index is 0.166. The topological polar surface area (TPSA) is 35.2 Å². The van der Waals surface area contributed by atoms with Gasteiger partial charge < -0.3 is 10.5 Å². The summed E-state index contributed by atoms with van der Waals surface area (Å²) in [7, 11) is 0. The van der Waals surface area contributed by atoms with E-state index in [0.29, 0.717) is 0 Å². The molecule has 0 spiro atoms. The number of hydrogen-bond acceptors (Lipinski definition) is 2. The molecule has 0 aromatic heterocycles. The average molecular weight is 312 g/mol. The van der Waals surface area contributed by atoms with Crippen molar-refractivity contribution in [2.24, 2.45) is 11.1 Å². The molecule has 2 nitrogen and oxygen atoms in total. The maximum Gasteiger partial charge on any atom is 0.122 e. The zero-order valence-electron chi connectivity index (χ0n) is 11.4. The molecule has 2 unspecified atom stereocenters. The maximum absolute atomic E-state index is 6.20. The summed E-state index contributed by atoms with van der Waals surface area (Å²) in [5.41, 5.74) is 7.54. The first kappa shape index (κ1) is 13.9. The molecule has 2 rings (SSSR count). The lowest BCUT2D eigenvalue weighted by Gasteiger charge is -2.53. The predicted octanol–water partition coefficient (Wildman–Crippen LogP) is 4.04. The molecule has 18 heavy (non-hydrogen) atoms. The molecule has 1 aliphatic carbocycles. The number of halogens is 1. The van der Waals surface area contributed by atoms with Gasteiger partial charge in [0.25, 0.3) is 0 Å². The van der Waals surface area contributed by atoms with E-state index in [9.17, 15) is 0 Å². The van der Waals surface area contributed by atoms with E-state index in [4.69, 9.17) is 10.5 Å². The molecule has 0 amide bonds. The smallest absolute Gasteiger partial charge is 0.122 e. The Morgan fingerprint density at radius 3 is 2.56 bits per heavy atom. The summed E-state index contributed by atoms with van der Waals surface area (Å²) >= 11 is 3.48. The fraction of sp³-hybridized carbons (Fsp3) is 0.600. The molecule has 1 aliphatic rings. The summed E-state index contributed by atoms with van der Waals surface area (Å²) in [6.45, 7) is 6.51. The minimum absolute atomic E-state index is 0.166. The Morgan fingerprint density at radius 1 is 1.39 bits per heavy atom. The van der Waals surface area contributed by atoms with E-state index < -0.39 is 0 Å². The second kappa shape index (κ2) is 5.22. The number of rotatable bonds is 4. The summed E-state index contributed by atoms with van der Waals surface area (Å²) in [4.78, 5) is 0. The monoisotopic (exact) mass is 311 g/mol. The third-order valence-corrected chi connectivity index (χ3v) is 5.06. The number of ether oxygens (including phenoxy) is 1. The van der Waals surface area contributed by atoms with Crippen LogP contribution >= 0.6 is 15.9 Å². The van der Waals surface area contributed by atoms with Crippen molar-refractivity contribution in [3.63, 3.8) is 0 Å². The van der Waals surface area contributed by atoms with Crippen LogP contribution in [0.2, 0.25) is 0 Å². The van der Waals surface area contributed by atoms with E-state index >= 15 is 0 Å². The fourth-order valence-corrected chi connectivity index (χ4v) is 3.55. The summed E-state index contributed by atoms with van der Waals surface area (Å²) in [5.74, 6) is 0.987. The van der Waals surface area contributed by atoms with Crippen LogP contribution in [0.1, 0.15) is 38.7 Å². The summed E-state index contributed by atoms with van der Waals surface area (Å²) in [5, 5.41) is 0. The summed E-state index contributed by atoms with van der Waals surface area (Å²) < 4.78 is 7.30. The van der Waals surface area contributed by atoms with Crippen LogP contribution in [0.5, 0.6) is 5.75 Å². The quantitative estimate of drug-likeness (QED) is 0.910. The van der Waals surface area contributed by atoms with Crippen LogP contribution in [0.4, 0.5) is 0 Å². The van der Waals surface area contributed by atoms with E-state index in [-0.39, 0.29) is 17.6 Å². The molecule has 0 aliphatic heterocycles. The lowest BCUT2D eigenvalue weighted by Crippen LogP contribution is -2.63. The lowest BCUT2D eigenvalue weighted by atomic mass is 9.59. The van der Waals surface area contributed by atoms with E-state index in [0.717, 1.165) is 29.5 Å². The van der Waals surface area contributed by atoms with Gasteiger partial charge in [0.1, 0.15) is 11.9 Å². The van der Waals surface area contributed by atoms with Gasteiger partial charge in [-0.3, -0.25) is 0 Å². The molecule has 0 saturated heterocycles. The molecule has 1 aromatic carbocycles. The Kier molecular flexibility index (Phi) is 4.02. The second-order valence-corrected chi connectivity index (χ2v) is 6.21. The number of nitrogens with two attached hydrogens (primary N) is 1. The Morgan fingerprint density at radius 2 is 2.06 bits per heavy atom. The average Bonchev–Trinajstić information content (AvgIpc) is 2.33. The van der Waals surface area contributed by atoms with Gasteiger partial charge in [0.2, 0.25) is 0 Å². The largest absolute Gasteiger partial charge is 0.489 e. The van der Waals surface area contributed by atoms with Crippen molar-refractivity contribution in [1.82, 2.24) is 0 Å². The predicted molar refractivity (Wildman–Crippen MR) is 78.9 cm³/mol. The number of aryl methyl sites for hydroxylation is 1. The van der Waals surface area contributed by atoms with Gasteiger partial charge in [0, 0.05) is 22.4 Å². The van der Waals surface area contributed by atoms with Gasteiger partial charge in [0.05, 0.1) is 0 Å². The molecular formula is C15H22BrNO. The molecule has 3 heteroatoms. The lowest BCUT2D eigenvalue weighted by molar-refractivity contribution is -0.0725. The van der Waals surface area contributed by atoms with Crippen LogP contribution in [-0.4, -0.2) is 12.1 Å². The van der Waals surface area contributed by atoms with Crippen molar-refractivity contribution in [2.75, 3.05) is 0 Å². The highest BCUT2D eigenvalue weighted by atomic mass is 79.9. The molecule has 0 radical (unpaired) electrons. The molecule has 0 heterocycles. The Balaban J connectivity index is 2.15. The first-order valence-electron chi connectivity index (χ1n) is 6.72. The fourth-order valence-electron chi connectivity index (χ4n) is 3.07. The van der Waals surface area contributed by atoms with E-state index in [2.05, 4.69) is 42.8 Å². The van der Waals surface area contributed by atoms with Gasteiger partial charge in [-0.2, -0.15) is 0 Å². The molecular weight excluding hydrogens is 290 g/mol. The third kappa shape index (κ3) is 2.19. The van der Waals surface area contributed by atoms with Crippen molar-refractivity contribution < 1.29 is 4.74 Å². The molecule has 1 saturated carbocycles. The molecule has 0 bridgehead atoms. The van der Waals surface area contributed by atoms with Gasteiger partial charge in [0.15, 0.2) is 0 Å². The number of benzene rings is 1. The van der Waals surface area contributed by atoms with Crippen molar-refractivity contribution in [3.8, 4) is 5.75 Å². The van der Waals surface area contributed by atoms with E-state index in [1.165, 1.54) is 5.56 Å². The molecule has 2 atom stereocenters. The first-order valence-corrected chi connectivity index (χ1v) is 7.51. The van der Waals surface area contributed by atoms with Crippen LogP contribution in [0.3, 0.4) is 0 Å². The van der Waals surface area contributed by atoms with Crippen LogP contribution < -0.4 is 10.5 Å². The van der Waals surface area contributed by atoms with Gasteiger partial charge in [-0.15, -0.1) is 0 Å². The highest BCUT2D eigenvalue weighted by Crippen LogP contribution is 2.48. The van der Waals surface area contributed by atoms with Crippen molar-refractivity contribution in [3.05, 3.63) is 28.2 Å². The Hall–Kier alpha value is -0.540. The maximum atomic E-state index is 6.20. The SMILES string of the molecule is CCC1(CC)C(N)CC1Oc1ccc(Br)cc1C. The first-order chi connectivity index (χ1) is 8.53.